The maximum absolute atomic E-state index is 14.1. The van der Waals surface area contributed by atoms with E-state index in [-0.39, 0.29) is 23.0 Å². The fourth-order valence-corrected chi connectivity index (χ4v) is 5.86. The molecule has 9 nitrogen and oxygen atoms in total. The summed E-state index contributed by atoms with van der Waals surface area (Å²) in [5.74, 6) is -1.07. The normalized spacial score (nSPS) is 19.9. The Morgan fingerprint density at radius 3 is 2.82 bits per heavy atom. The molecule has 0 radical (unpaired) electrons. The number of aryl methyl sites for hydroxylation is 1. The number of fused-ring (bicyclic) bond motifs is 2. The molecule has 3 aromatic rings. The number of hydrogen-bond donors (Lipinski definition) is 0. The van der Waals surface area contributed by atoms with Crippen LogP contribution in [0.25, 0.3) is 15.8 Å². The Kier molecular flexibility index (Phi) is 5.42. The first-order valence-electron chi connectivity index (χ1n) is 10.0. The highest BCUT2D eigenvalue weighted by atomic mass is 35.5. The van der Waals surface area contributed by atoms with Crippen LogP contribution in [0.3, 0.4) is 0 Å². The third kappa shape index (κ3) is 3.29. The minimum absolute atomic E-state index is 0.00245. The van der Waals surface area contributed by atoms with E-state index in [9.17, 15) is 19.2 Å². The van der Waals surface area contributed by atoms with Crippen molar-refractivity contribution in [1.82, 2.24) is 19.7 Å². The molecule has 5 rings (SSSR count). The maximum Gasteiger partial charge on any atom is 0.332 e. The monoisotopic (exact) mass is 498 g/mol. The van der Waals surface area contributed by atoms with Crippen LogP contribution in [0.15, 0.2) is 36.8 Å². The van der Waals surface area contributed by atoms with Gasteiger partial charge in [0.15, 0.2) is 11.6 Å². The molecule has 2 aliphatic rings. The van der Waals surface area contributed by atoms with E-state index in [4.69, 9.17) is 16.3 Å². The topological polar surface area (TPSA) is 104 Å². The number of nitrogens with zero attached hydrogens (tertiary/aromatic N) is 6. The van der Waals surface area contributed by atoms with Gasteiger partial charge in [0.05, 0.1) is 47.8 Å². The molecule has 3 amide bonds. The first-order chi connectivity index (χ1) is 16.3. The summed E-state index contributed by atoms with van der Waals surface area (Å²) in [7, 11) is 3.04. The lowest BCUT2D eigenvalue weighted by atomic mass is 10.0. The highest BCUT2D eigenvalue weighted by Crippen LogP contribution is 2.47. The van der Waals surface area contributed by atoms with Gasteiger partial charge in [-0.2, -0.15) is 10.4 Å². The Labute approximate surface area is 202 Å². The van der Waals surface area contributed by atoms with Gasteiger partial charge in [-0.15, -0.1) is 11.8 Å². The molecule has 2 aliphatic heterocycles. The Balaban J connectivity index is 1.60. The molecule has 0 saturated carbocycles. The van der Waals surface area contributed by atoms with Gasteiger partial charge >= 0.3 is 6.03 Å². The number of aromatic nitrogens is 3. The summed E-state index contributed by atoms with van der Waals surface area (Å²) in [5.41, 5.74) is 1.32. The second-order valence-electron chi connectivity index (χ2n) is 7.63. The van der Waals surface area contributed by atoms with Crippen LogP contribution in [0.1, 0.15) is 5.56 Å². The average Bonchev–Trinajstić information content (AvgIpc) is 3.42. The van der Waals surface area contributed by atoms with Crippen molar-refractivity contribution in [3.05, 3.63) is 53.2 Å². The average molecular weight is 499 g/mol. The number of carbonyl (C=O) groups excluding carboxylic acids is 2. The predicted molar refractivity (Wildman–Crippen MR) is 125 cm³/mol. The smallest absolute Gasteiger partial charge is 0.332 e. The summed E-state index contributed by atoms with van der Waals surface area (Å²) in [4.78, 5) is 34.3. The van der Waals surface area contributed by atoms with Crippen LogP contribution in [0.5, 0.6) is 5.75 Å². The second kappa shape index (κ2) is 8.30. The number of hydrogen-bond acceptors (Lipinski definition) is 7. The van der Waals surface area contributed by atoms with E-state index in [0.717, 1.165) is 11.0 Å². The molecule has 0 spiro atoms. The van der Waals surface area contributed by atoms with Crippen molar-refractivity contribution in [3.8, 4) is 11.8 Å². The van der Waals surface area contributed by atoms with Crippen molar-refractivity contribution in [1.29, 1.82) is 5.26 Å². The number of nitriles is 1. The van der Waals surface area contributed by atoms with E-state index >= 15 is 0 Å². The van der Waals surface area contributed by atoms with Crippen molar-refractivity contribution in [2.75, 3.05) is 18.6 Å². The van der Waals surface area contributed by atoms with Gasteiger partial charge in [0.1, 0.15) is 11.8 Å². The van der Waals surface area contributed by atoms with E-state index in [1.54, 1.807) is 30.2 Å². The maximum atomic E-state index is 14.1. The number of rotatable bonds is 4. The van der Waals surface area contributed by atoms with E-state index in [0.29, 0.717) is 21.4 Å². The summed E-state index contributed by atoms with van der Waals surface area (Å²) in [6.45, 7) is -0.233. The number of anilines is 1. The Morgan fingerprint density at radius 1 is 1.29 bits per heavy atom. The zero-order valence-electron chi connectivity index (χ0n) is 17.9. The second-order valence-corrected chi connectivity index (χ2v) is 9.22. The van der Waals surface area contributed by atoms with Crippen molar-refractivity contribution < 1.29 is 18.7 Å². The van der Waals surface area contributed by atoms with E-state index < -0.39 is 29.0 Å². The zero-order chi connectivity index (χ0) is 24.1. The zero-order valence-corrected chi connectivity index (χ0v) is 19.5. The number of benzene rings is 1. The van der Waals surface area contributed by atoms with Crippen LogP contribution in [0, 0.1) is 17.1 Å². The fraction of sp³-hybridized carbons (Fsp3) is 0.227. The van der Waals surface area contributed by atoms with E-state index in [1.807, 2.05) is 6.07 Å². The highest BCUT2D eigenvalue weighted by molar-refractivity contribution is 8.09. The first kappa shape index (κ1) is 22.2. The lowest BCUT2D eigenvalue weighted by Gasteiger charge is -2.40. The molecule has 2 aromatic heterocycles. The van der Waals surface area contributed by atoms with Gasteiger partial charge in [0.25, 0.3) is 5.91 Å². The third-order valence-electron chi connectivity index (χ3n) is 5.76. The van der Waals surface area contributed by atoms with Crippen LogP contribution >= 0.6 is 23.4 Å². The van der Waals surface area contributed by atoms with Crippen LogP contribution in [-0.2, 0) is 11.8 Å². The number of imide groups is 1. The van der Waals surface area contributed by atoms with Gasteiger partial charge in [0.2, 0.25) is 0 Å². The van der Waals surface area contributed by atoms with E-state index in [1.165, 1.54) is 36.0 Å². The summed E-state index contributed by atoms with van der Waals surface area (Å²) < 4.78 is 20.7. The molecule has 2 unspecified atom stereocenters. The largest absolute Gasteiger partial charge is 0.494 e. The lowest BCUT2D eigenvalue weighted by Crippen LogP contribution is -2.62. The SMILES string of the molecule is COc1cc(C2=CC3C(S2)C(=O)N(c2cncc4cnn(C)c24)C(=O)N3CC#N)c(Cl)cc1F. The van der Waals surface area contributed by atoms with Gasteiger partial charge in [-0.25, -0.2) is 14.1 Å². The molecule has 0 bridgehead atoms. The first-order valence-corrected chi connectivity index (χ1v) is 11.3. The molecule has 2 atom stereocenters. The van der Waals surface area contributed by atoms with Crippen LogP contribution in [-0.4, -0.2) is 56.5 Å². The Bertz CT molecular complexity index is 1430. The molecule has 1 fully saturated rings. The van der Waals surface area contributed by atoms with Crippen molar-refractivity contribution in [3.63, 3.8) is 0 Å². The van der Waals surface area contributed by atoms with Gasteiger partial charge in [-0.3, -0.25) is 14.5 Å². The predicted octanol–water partition coefficient (Wildman–Crippen LogP) is 3.59. The molecule has 12 heteroatoms. The number of carbonyl (C=O) groups is 2. The van der Waals surface area contributed by atoms with Crippen LogP contribution < -0.4 is 9.64 Å². The number of pyridine rings is 1. The summed E-state index contributed by atoms with van der Waals surface area (Å²) in [5, 5.41) is 13.7. The fourth-order valence-electron chi connectivity index (χ4n) is 4.19. The quantitative estimate of drug-likeness (QED) is 0.506. The molecule has 0 aliphatic carbocycles. The molecule has 0 N–H and O–H groups in total. The molecule has 1 aromatic carbocycles. The number of ether oxygens (including phenoxy) is 1. The minimum Gasteiger partial charge on any atom is -0.494 e. The van der Waals surface area contributed by atoms with Crippen LogP contribution in [0.2, 0.25) is 5.02 Å². The van der Waals surface area contributed by atoms with Crippen molar-refractivity contribution in [2.45, 2.75) is 11.3 Å². The molecule has 4 heterocycles. The Hall–Kier alpha value is -3.62. The molecule has 172 valence electrons. The number of methoxy groups -OCH3 is 1. The molecular formula is C22H16ClFN6O3S. The van der Waals surface area contributed by atoms with Crippen LogP contribution in [0.4, 0.5) is 14.9 Å². The number of urea groups is 1. The summed E-state index contributed by atoms with van der Waals surface area (Å²) in [6, 6.07) is 3.28. The van der Waals surface area contributed by atoms with Gasteiger partial charge in [0, 0.05) is 29.1 Å². The third-order valence-corrected chi connectivity index (χ3v) is 7.41. The lowest BCUT2D eigenvalue weighted by molar-refractivity contribution is -0.119. The Morgan fingerprint density at radius 2 is 2.09 bits per heavy atom. The molecule has 34 heavy (non-hydrogen) atoms. The van der Waals surface area contributed by atoms with Crippen molar-refractivity contribution in [2.24, 2.45) is 7.05 Å². The molecular weight excluding hydrogens is 483 g/mol. The summed E-state index contributed by atoms with van der Waals surface area (Å²) >= 11 is 7.50. The van der Waals surface area contributed by atoms with Gasteiger partial charge < -0.3 is 9.64 Å². The van der Waals surface area contributed by atoms with Gasteiger partial charge in [-0.1, -0.05) is 11.6 Å². The van der Waals surface area contributed by atoms with Crippen molar-refractivity contribution >= 4 is 56.8 Å². The number of thioether (sulfide) groups is 1. The van der Waals surface area contributed by atoms with Gasteiger partial charge in [-0.05, 0) is 18.2 Å². The number of amides is 3. The molecule has 1 saturated heterocycles. The number of halogens is 2. The minimum atomic E-state index is -0.739. The van der Waals surface area contributed by atoms with E-state index in [2.05, 4.69) is 10.1 Å². The summed E-state index contributed by atoms with van der Waals surface area (Å²) in [6.07, 6.45) is 6.32. The highest BCUT2D eigenvalue weighted by Gasteiger charge is 2.50. The standard InChI is InChI=1S/C22H16ClFN6O3S/c1-28-19-11(9-27-28)8-26-10-16(19)30-21(31)20-15(29(4-3-25)22(30)32)7-18(34-20)12-5-17(33-2)14(24)6-13(12)23/h5-10,15,20H,4H2,1-2H3.